The van der Waals surface area contributed by atoms with Gasteiger partial charge in [0, 0.05) is 37.3 Å². The molecule has 10 nitrogen and oxygen atoms in total. The molecule has 1 aliphatic rings. The number of nitrogens with one attached hydrogen (secondary N) is 1. The van der Waals surface area contributed by atoms with Gasteiger partial charge in [-0.1, -0.05) is 6.07 Å². The third-order valence-corrected chi connectivity index (χ3v) is 6.81. The van der Waals surface area contributed by atoms with Crippen molar-refractivity contribution in [2.75, 3.05) is 18.5 Å². The first-order valence-corrected chi connectivity index (χ1v) is 12.4. The molecule has 1 atom stereocenters. The summed E-state index contributed by atoms with van der Waals surface area (Å²) in [6, 6.07) is 11.4. The first kappa shape index (κ1) is 23.0. The molecule has 10 heteroatoms. The molecule has 1 aromatic carbocycles. The van der Waals surface area contributed by atoms with Gasteiger partial charge in [-0.25, -0.2) is 4.98 Å². The lowest BCUT2D eigenvalue weighted by Crippen LogP contribution is -2.16. The fraction of sp³-hybridized carbons (Fsp3) is 0.296. The zero-order valence-corrected chi connectivity index (χ0v) is 20.5. The third-order valence-electron chi connectivity index (χ3n) is 6.81. The fourth-order valence-electron chi connectivity index (χ4n) is 4.89. The van der Waals surface area contributed by atoms with Gasteiger partial charge in [-0.2, -0.15) is 10.2 Å². The second-order valence-corrected chi connectivity index (χ2v) is 9.30. The van der Waals surface area contributed by atoms with E-state index in [-0.39, 0.29) is 6.42 Å². The molecule has 0 amide bonds. The van der Waals surface area contributed by atoms with E-state index in [9.17, 15) is 9.90 Å². The number of aryl methyl sites for hydroxylation is 2. The number of carboxylic acid groups (broad SMARTS) is 1. The normalized spacial score (nSPS) is 13.9. The number of carboxylic acids is 1. The molecule has 2 N–H and O–H groups in total. The monoisotopic (exact) mass is 497 g/mol. The van der Waals surface area contributed by atoms with Crippen molar-refractivity contribution < 1.29 is 14.6 Å². The molecule has 0 bridgehead atoms. The molecule has 4 aromatic heterocycles. The Morgan fingerprint density at radius 3 is 2.95 bits per heavy atom. The Morgan fingerprint density at radius 2 is 2.05 bits per heavy atom. The number of rotatable bonds is 8. The van der Waals surface area contributed by atoms with Crippen LogP contribution in [0.2, 0.25) is 0 Å². The topological polar surface area (TPSA) is 120 Å². The maximum Gasteiger partial charge on any atom is 0.305 e. The van der Waals surface area contributed by atoms with Gasteiger partial charge in [-0.05, 0) is 54.3 Å². The van der Waals surface area contributed by atoms with Crippen LogP contribution in [0, 0.1) is 0 Å². The number of anilines is 1. The molecule has 1 unspecified atom stereocenters. The summed E-state index contributed by atoms with van der Waals surface area (Å²) in [5.74, 6) is 0.812. The van der Waals surface area contributed by atoms with Gasteiger partial charge in [0.05, 0.1) is 42.5 Å². The minimum Gasteiger partial charge on any atom is -0.493 e. The van der Waals surface area contributed by atoms with Crippen LogP contribution in [-0.2, 0) is 24.7 Å². The van der Waals surface area contributed by atoms with Gasteiger partial charge >= 0.3 is 5.97 Å². The third kappa shape index (κ3) is 4.57. The summed E-state index contributed by atoms with van der Waals surface area (Å²) in [5.41, 5.74) is 5.45. The Kier molecular flexibility index (Phi) is 5.91. The van der Waals surface area contributed by atoms with Crippen LogP contribution in [-0.4, -0.2) is 53.8 Å². The summed E-state index contributed by atoms with van der Waals surface area (Å²) in [4.78, 5) is 21.0. The maximum atomic E-state index is 11.8. The molecular weight excluding hydrogens is 470 g/mol. The van der Waals surface area contributed by atoms with E-state index in [1.54, 1.807) is 28.0 Å². The van der Waals surface area contributed by atoms with E-state index >= 15 is 0 Å². The van der Waals surface area contributed by atoms with Crippen molar-refractivity contribution in [3.8, 4) is 5.75 Å². The summed E-state index contributed by atoms with van der Waals surface area (Å²) >= 11 is 0. The van der Waals surface area contributed by atoms with E-state index in [1.165, 1.54) is 5.56 Å². The van der Waals surface area contributed by atoms with Gasteiger partial charge in [0.25, 0.3) is 0 Å². The van der Waals surface area contributed by atoms with E-state index < -0.39 is 12.0 Å². The van der Waals surface area contributed by atoms with Crippen molar-refractivity contribution in [1.82, 2.24) is 29.5 Å². The molecule has 5 heterocycles. The van der Waals surface area contributed by atoms with Gasteiger partial charge < -0.3 is 15.2 Å². The molecule has 0 radical (unpaired) electrons. The van der Waals surface area contributed by atoms with Crippen molar-refractivity contribution in [3.05, 3.63) is 71.8 Å². The Balaban J connectivity index is 1.21. The molecule has 0 saturated heterocycles. The Hall–Kier alpha value is -4.47. The molecule has 188 valence electrons. The predicted octanol–water partition coefficient (Wildman–Crippen LogP) is 3.76. The highest BCUT2D eigenvalue weighted by atomic mass is 16.5. The van der Waals surface area contributed by atoms with Crippen molar-refractivity contribution >= 4 is 33.7 Å². The average molecular weight is 498 g/mol. The van der Waals surface area contributed by atoms with Gasteiger partial charge in [0.2, 0.25) is 0 Å². The summed E-state index contributed by atoms with van der Waals surface area (Å²) < 4.78 is 9.50. The molecule has 37 heavy (non-hydrogen) atoms. The summed E-state index contributed by atoms with van der Waals surface area (Å²) in [5, 5.41) is 22.7. The molecule has 5 aromatic rings. The van der Waals surface area contributed by atoms with Crippen LogP contribution in [0.3, 0.4) is 0 Å². The average Bonchev–Trinajstić information content (AvgIpc) is 3.50. The number of benzene rings is 1. The number of hydrogen-bond acceptors (Lipinski definition) is 7. The number of carbonyl (C=O) groups is 1. The van der Waals surface area contributed by atoms with Crippen molar-refractivity contribution in [3.63, 3.8) is 0 Å². The second kappa shape index (κ2) is 9.53. The largest absolute Gasteiger partial charge is 0.493 e. The van der Waals surface area contributed by atoms with Crippen molar-refractivity contribution in [2.45, 2.75) is 31.7 Å². The zero-order chi connectivity index (χ0) is 25.4. The van der Waals surface area contributed by atoms with Gasteiger partial charge in [0.15, 0.2) is 0 Å². The number of pyridine rings is 2. The van der Waals surface area contributed by atoms with E-state index in [1.807, 2.05) is 31.3 Å². The van der Waals surface area contributed by atoms with Crippen molar-refractivity contribution in [2.24, 2.45) is 7.05 Å². The van der Waals surface area contributed by atoms with Crippen LogP contribution in [0.5, 0.6) is 5.75 Å². The van der Waals surface area contributed by atoms with E-state index in [0.29, 0.717) is 13.0 Å². The molecule has 6 rings (SSSR count). The van der Waals surface area contributed by atoms with Gasteiger partial charge in [0.1, 0.15) is 17.1 Å². The Morgan fingerprint density at radius 1 is 1.14 bits per heavy atom. The van der Waals surface area contributed by atoms with Gasteiger partial charge in [-0.3, -0.25) is 19.1 Å². The fourth-order valence-corrected chi connectivity index (χ4v) is 4.89. The lowest BCUT2D eigenvalue weighted by Gasteiger charge is -2.18. The number of aliphatic carboxylic acids is 1. The maximum absolute atomic E-state index is 11.8. The van der Waals surface area contributed by atoms with Crippen LogP contribution in [0.1, 0.15) is 35.7 Å². The molecule has 1 aliphatic heterocycles. The molecule has 0 saturated carbocycles. The molecule has 0 aliphatic carbocycles. The second-order valence-electron chi connectivity index (χ2n) is 9.30. The Labute approximate surface area is 212 Å². The van der Waals surface area contributed by atoms with E-state index in [2.05, 4.69) is 32.6 Å². The lowest BCUT2D eigenvalue weighted by atomic mass is 10.0. The van der Waals surface area contributed by atoms with E-state index in [4.69, 9.17) is 9.72 Å². The number of fused-ring (bicyclic) bond motifs is 3. The van der Waals surface area contributed by atoms with Gasteiger partial charge in [-0.15, -0.1) is 0 Å². The number of hydrogen-bond donors (Lipinski definition) is 2. The standard InChI is InChI=1S/C27H27N7O3/c1-33-25-12-19(14-29-22(25)16-30-33)24(13-26(35)36)34-23-7-6-21(11-18(23)15-31-34)37-10-8-20-5-4-17-3-2-9-28-27(17)32-20/h4-7,11-12,14-16,24H,2-3,8-10,13H2,1H3,(H,28,32)(H,35,36). The molecule has 0 fully saturated rings. The minimum absolute atomic E-state index is 0.122. The first-order chi connectivity index (χ1) is 18.0. The van der Waals surface area contributed by atoms with Crippen LogP contribution >= 0.6 is 0 Å². The van der Waals surface area contributed by atoms with Crippen LogP contribution in [0.25, 0.3) is 21.9 Å². The van der Waals surface area contributed by atoms with Crippen LogP contribution < -0.4 is 10.1 Å². The zero-order valence-electron chi connectivity index (χ0n) is 20.5. The minimum atomic E-state index is -0.912. The highest BCUT2D eigenvalue weighted by Crippen LogP contribution is 2.29. The number of nitrogens with zero attached hydrogens (tertiary/aromatic N) is 6. The quantitative estimate of drug-likeness (QED) is 0.333. The summed E-state index contributed by atoms with van der Waals surface area (Å²) in [6.45, 7) is 1.47. The lowest BCUT2D eigenvalue weighted by molar-refractivity contribution is -0.137. The Bertz CT molecular complexity index is 1610. The highest BCUT2D eigenvalue weighted by molar-refractivity contribution is 5.81. The summed E-state index contributed by atoms with van der Waals surface area (Å²) in [6.07, 6.45) is 7.93. The highest BCUT2D eigenvalue weighted by Gasteiger charge is 2.22. The van der Waals surface area contributed by atoms with Crippen molar-refractivity contribution in [1.29, 1.82) is 0 Å². The SMILES string of the molecule is Cn1ncc2ncc(C(CC(=O)O)n3ncc4cc(OCCc5ccc6c(n5)NCCC6)ccc43)cc21. The molecule has 0 spiro atoms. The smallest absolute Gasteiger partial charge is 0.305 e. The number of aromatic nitrogens is 6. The van der Waals surface area contributed by atoms with Crippen LogP contribution in [0.15, 0.2) is 55.0 Å². The van der Waals surface area contributed by atoms with E-state index in [0.717, 1.165) is 64.1 Å². The summed E-state index contributed by atoms with van der Waals surface area (Å²) in [7, 11) is 1.84. The predicted molar refractivity (Wildman–Crippen MR) is 139 cm³/mol. The molecular formula is C27H27N7O3. The number of ether oxygens (including phenoxy) is 1. The first-order valence-electron chi connectivity index (χ1n) is 12.4. The van der Waals surface area contributed by atoms with Crippen LogP contribution in [0.4, 0.5) is 5.82 Å².